The Hall–Kier alpha value is -5.58. The van der Waals surface area contributed by atoms with E-state index in [9.17, 15) is 38.2 Å². The molecule has 6 aromatic rings. The number of aromatic carboxylic acids is 1. The summed E-state index contributed by atoms with van der Waals surface area (Å²) >= 11 is 12.0. The van der Waals surface area contributed by atoms with Crippen molar-refractivity contribution in [2.45, 2.75) is 152 Å². The number of ether oxygens (including phenoxy) is 3. The summed E-state index contributed by atoms with van der Waals surface area (Å²) < 4.78 is 57.5. The molecule has 2 N–H and O–H groups in total. The third kappa shape index (κ3) is 14.6. The van der Waals surface area contributed by atoms with E-state index >= 15 is 0 Å². The Kier molecular flexibility index (Phi) is 19.9. The van der Waals surface area contributed by atoms with Crippen molar-refractivity contribution in [3.05, 3.63) is 149 Å². The smallest absolute Gasteiger partial charge is 0.343 e. The SMILES string of the molecule is CC(C)Oc1cc2c(cc1Cc1cccc(Cl)c1F)c(=O)c(C(=O)O)cn2[C@H](CO)C(C)(C)C.CCOC(=O)c1cn([C@H](CO[Si](C)(C)C(C)(C)C)C(C)(C)C)c2cc(OC(C)C)c(Cc3cccc(Cl)c3F)cc2c1=O. The summed E-state index contributed by atoms with van der Waals surface area (Å²) in [6, 6.07) is 15.5. The lowest BCUT2D eigenvalue weighted by atomic mass is 9.86. The first-order chi connectivity index (χ1) is 35.6. The molecule has 0 unspecified atom stereocenters. The number of carbonyl (C=O) groups excluding carboxylic acids is 1. The average Bonchev–Trinajstić information content (AvgIpc) is 3.30. The zero-order valence-corrected chi connectivity index (χ0v) is 49.9. The Bertz CT molecular complexity index is 3260. The summed E-state index contributed by atoms with van der Waals surface area (Å²) in [4.78, 5) is 52.0. The van der Waals surface area contributed by atoms with E-state index in [0.717, 1.165) is 0 Å². The lowest BCUT2D eigenvalue weighted by Crippen LogP contribution is -2.43. The van der Waals surface area contributed by atoms with Gasteiger partial charge in [-0.1, -0.05) is 110 Å². The van der Waals surface area contributed by atoms with Gasteiger partial charge in [-0.15, -0.1) is 0 Å². The molecule has 0 spiro atoms. The number of rotatable bonds is 17. The van der Waals surface area contributed by atoms with Gasteiger partial charge in [-0.2, -0.15) is 0 Å². The van der Waals surface area contributed by atoms with E-state index in [0.29, 0.717) is 56.8 Å². The fraction of sp³-hybridized carbons (Fsp3) is 0.467. The number of hydrogen-bond acceptors (Lipinski definition) is 9. The number of aromatic nitrogens is 2. The van der Waals surface area contributed by atoms with Gasteiger partial charge in [0.15, 0.2) is 8.32 Å². The summed E-state index contributed by atoms with van der Waals surface area (Å²) in [5.41, 5.74) is 0.488. The normalized spacial score (nSPS) is 13.2. The van der Waals surface area contributed by atoms with E-state index in [-0.39, 0.29) is 75.8 Å². The molecule has 0 fully saturated rings. The van der Waals surface area contributed by atoms with Crippen LogP contribution in [0.1, 0.15) is 152 Å². The van der Waals surface area contributed by atoms with Crippen molar-refractivity contribution in [2.75, 3.05) is 19.8 Å². The van der Waals surface area contributed by atoms with Crippen molar-refractivity contribution in [1.82, 2.24) is 9.13 Å². The molecule has 0 saturated heterocycles. The monoisotopic (exact) mass is 1120 g/mol. The van der Waals surface area contributed by atoms with E-state index < -0.39 is 59.8 Å². The number of carboxylic acids is 1. The van der Waals surface area contributed by atoms with Crippen LogP contribution < -0.4 is 20.3 Å². The number of hydrogen-bond donors (Lipinski definition) is 2. The lowest BCUT2D eigenvalue weighted by molar-refractivity contribution is 0.0522. The van der Waals surface area contributed by atoms with E-state index in [1.165, 1.54) is 18.3 Å². The molecule has 0 radical (unpaired) electrons. The van der Waals surface area contributed by atoms with Crippen LogP contribution in [-0.4, -0.2) is 71.6 Å². The van der Waals surface area contributed by atoms with Crippen molar-refractivity contribution >= 4 is 65.3 Å². The Morgan fingerprint density at radius 1 is 0.662 bits per heavy atom. The highest BCUT2D eigenvalue weighted by molar-refractivity contribution is 6.74. The number of esters is 1. The van der Waals surface area contributed by atoms with Crippen molar-refractivity contribution in [3.8, 4) is 11.5 Å². The first-order valence-electron chi connectivity index (χ1n) is 25.9. The number of benzene rings is 4. The Morgan fingerprint density at radius 2 is 1.08 bits per heavy atom. The maximum Gasteiger partial charge on any atom is 0.343 e. The molecule has 0 aliphatic carbocycles. The number of nitrogens with zero attached hydrogens (tertiary/aromatic N) is 2. The van der Waals surface area contributed by atoms with E-state index in [1.807, 2.05) is 59.1 Å². The number of aliphatic hydroxyl groups excluding tert-OH is 1. The van der Waals surface area contributed by atoms with Gasteiger partial charge in [0.2, 0.25) is 10.9 Å². The minimum Gasteiger partial charge on any atom is -0.491 e. The van der Waals surface area contributed by atoms with Gasteiger partial charge < -0.3 is 38.0 Å². The van der Waals surface area contributed by atoms with Crippen LogP contribution in [0, 0.1) is 22.5 Å². The van der Waals surface area contributed by atoms with Gasteiger partial charge in [0, 0.05) is 48.1 Å². The number of aliphatic hydroxyl groups is 1. The molecule has 4 aromatic carbocycles. The second-order valence-electron chi connectivity index (χ2n) is 23.7. The van der Waals surface area contributed by atoms with Gasteiger partial charge in [-0.05, 0) is 110 Å². The predicted octanol–water partition coefficient (Wildman–Crippen LogP) is 14.4. The van der Waals surface area contributed by atoms with Crippen LogP contribution in [0.3, 0.4) is 0 Å². The summed E-state index contributed by atoms with van der Waals surface area (Å²) in [5, 5.41) is 20.3. The maximum absolute atomic E-state index is 15.0. The van der Waals surface area contributed by atoms with Crippen LogP contribution in [0.2, 0.25) is 28.2 Å². The molecule has 2 heterocycles. The van der Waals surface area contributed by atoms with Crippen LogP contribution in [0.5, 0.6) is 11.5 Å². The third-order valence-electron chi connectivity index (χ3n) is 14.0. The number of fused-ring (bicyclic) bond motifs is 2. The molecule has 2 aromatic heterocycles. The Labute approximate surface area is 462 Å². The minimum absolute atomic E-state index is 0.0000783. The molecule has 0 saturated carbocycles. The van der Waals surface area contributed by atoms with Crippen molar-refractivity contribution in [2.24, 2.45) is 10.8 Å². The molecule has 0 bridgehead atoms. The fourth-order valence-electron chi connectivity index (χ4n) is 8.68. The lowest BCUT2D eigenvalue weighted by Gasteiger charge is -2.40. The third-order valence-corrected chi connectivity index (χ3v) is 19.0. The molecule has 6 rings (SSSR count). The van der Waals surface area contributed by atoms with Crippen molar-refractivity contribution < 1.29 is 47.2 Å². The van der Waals surface area contributed by atoms with E-state index in [2.05, 4.69) is 54.6 Å². The average molecular weight is 1120 g/mol. The fourth-order valence-corrected chi connectivity index (χ4v) is 10.1. The van der Waals surface area contributed by atoms with Crippen LogP contribution in [0.4, 0.5) is 8.78 Å². The molecular weight excluding hydrogens is 1050 g/mol. The standard InChI is InChI=1S/C34H47ClFNO5Si.C26H29ClFNO5/c1-12-40-32(39)25-19-37(29(33(4,5)6)20-41-43(10,11)34(7,8)9)27-18-28(42-21(2)3)23(17-24(27)31(25)38)16-22-14-13-15-26(35)30(22)36;1-14(2)34-21-11-20-17(10-16(21)9-15-7-6-8-19(27)23(15)28)24(31)18(25(32)33)12-29(20)22(13-30)26(3,4)5/h13-15,17-19,21,29H,12,16,20H2,1-11H3;6-8,10-12,14,22,30H,9,13H2,1-5H3,(H,32,33)/t29-;22-/m11/s1. The molecule has 0 amide bonds. The molecule has 77 heavy (non-hydrogen) atoms. The first kappa shape index (κ1) is 62.3. The molecule has 0 aliphatic rings. The van der Waals surface area contributed by atoms with Gasteiger partial charge in [0.05, 0.1) is 65.2 Å². The van der Waals surface area contributed by atoms with Crippen LogP contribution in [-0.2, 0) is 22.0 Å². The van der Waals surface area contributed by atoms with Gasteiger partial charge >= 0.3 is 11.9 Å². The highest BCUT2D eigenvalue weighted by Crippen LogP contribution is 2.41. The summed E-state index contributed by atoms with van der Waals surface area (Å²) in [7, 11) is -2.14. The van der Waals surface area contributed by atoms with Gasteiger partial charge in [0.1, 0.15) is 34.3 Å². The molecule has 2 atom stereocenters. The van der Waals surface area contributed by atoms with Crippen molar-refractivity contribution in [3.63, 3.8) is 0 Å². The van der Waals surface area contributed by atoms with Crippen LogP contribution >= 0.6 is 23.2 Å². The second-order valence-corrected chi connectivity index (χ2v) is 29.3. The van der Waals surface area contributed by atoms with E-state index in [4.69, 9.17) is 41.8 Å². The topological polar surface area (TPSA) is 156 Å². The van der Waals surface area contributed by atoms with Gasteiger partial charge in [-0.25, -0.2) is 18.4 Å². The quantitative estimate of drug-likeness (QED) is 0.0666. The number of pyridine rings is 2. The largest absolute Gasteiger partial charge is 0.491 e. The zero-order valence-electron chi connectivity index (χ0n) is 47.3. The van der Waals surface area contributed by atoms with Crippen molar-refractivity contribution in [1.29, 1.82) is 0 Å². The summed E-state index contributed by atoms with van der Waals surface area (Å²) in [6.07, 6.45) is 2.71. The predicted molar refractivity (Wildman–Crippen MR) is 307 cm³/mol. The van der Waals surface area contributed by atoms with Crippen LogP contribution in [0.25, 0.3) is 21.8 Å². The number of carbonyl (C=O) groups is 2. The number of halogens is 4. The maximum atomic E-state index is 15.0. The highest BCUT2D eigenvalue weighted by Gasteiger charge is 2.40. The summed E-state index contributed by atoms with van der Waals surface area (Å²) in [6.45, 7) is 32.6. The zero-order chi connectivity index (χ0) is 57.9. The Balaban J connectivity index is 0.000000292. The molecular formula is C60H76Cl2F2N2O10Si. The molecule has 17 heteroatoms. The van der Waals surface area contributed by atoms with Gasteiger partial charge in [-0.3, -0.25) is 9.59 Å². The second kappa shape index (κ2) is 24.6. The minimum atomic E-state index is -2.14. The Morgan fingerprint density at radius 3 is 1.45 bits per heavy atom. The van der Waals surface area contributed by atoms with E-state index in [1.54, 1.807) is 60.2 Å². The highest BCUT2D eigenvalue weighted by atomic mass is 35.5. The number of carboxylic acid groups (broad SMARTS) is 1. The summed E-state index contributed by atoms with van der Waals surface area (Å²) in [5.74, 6) is -2.18. The van der Waals surface area contributed by atoms with Gasteiger partial charge in [0.25, 0.3) is 0 Å². The molecule has 0 aliphatic heterocycles. The molecule has 418 valence electrons. The molecule has 12 nitrogen and oxygen atoms in total. The first-order valence-corrected chi connectivity index (χ1v) is 29.6. The van der Waals surface area contributed by atoms with Crippen LogP contribution in [0.15, 0.2) is 82.6 Å².